The molecule has 1 rings (SSSR count). The van der Waals surface area contributed by atoms with Gasteiger partial charge in [-0.05, 0) is 24.8 Å². The van der Waals surface area contributed by atoms with Crippen LogP contribution in [0.15, 0.2) is 0 Å². The van der Waals surface area contributed by atoms with E-state index in [1.165, 1.54) is 0 Å². The van der Waals surface area contributed by atoms with E-state index in [2.05, 4.69) is 26.1 Å². The first-order valence-corrected chi connectivity index (χ1v) is 5.78. The fourth-order valence-electron chi connectivity index (χ4n) is 1.97. The topological polar surface area (TPSA) is 58.4 Å². The Bertz CT molecular complexity index is 218. The average molecular weight is 213 g/mol. The van der Waals surface area contributed by atoms with Crippen molar-refractivity contribution >= 4 is 6.03 Å². The number of hydrogen-bond acceptors (Lipinski definition) is 2. The molecule has 0 bridgehead atoms. The van der Waals surface area contributed by atoms with Crippen molar-refractivity contribution in [3.8, 4) is 0 Å². The highest BCUT2D eigenvalue weighted by atomic mass is 16.2. The average Bonchev–Trinajstić information content (AvgIpc) is 2.45. The van der Waals surface area contributed by atoms with Crippen LogP contribution in [-0.4, -0.2) is 36.6 Å². The first kappa shape index (κ1) is 12.3. The van der Waals surface area contributed by atoms with E-state index in [1.54, 1.807) is 0 Å². The third-order valence-electron chi connectivity index (χ3n) is 2.75. The Hall–Kier alpha value is -0.770. The maximum atomic E-state index is 11.6. The second kappa shape index (κ2) is 5.35. The molecule has 0 aromatic rings. The molecular formula is C11H23N3O. The smallest absolute Gasteiger partial charge is 0.317 e. The van der Waals surface area contributed by atoms with E-state index in [-0.39, 0.29) is 6.03 Å². The van der Waals surface area contributed by atoms with Crippen molar-refractivity contribution in [1.29, 1.82) is 0 Å². The summed E-state index contributed by atoms with van der Waals surface area (Å²) in [5.41, 5.74) is 5.55. The Balaban J connectivity index is 2.39. The first-order chi connectivity index (χ1) is 7.02. The maximum absolute atomic E-state index is 11.6. The van der Waals surface area contributed by atoms with Crippen LogP contribution >= 0.6 is 0 Å². The van der Waals surface area contributed by atoms with Crippen LogP contribution in [0, 0.1) is 11.8 Å². The lowest BCUT2D eigenvalue weighted by atomic mass is 10.0. The number of nitrogens with zero attached hydrogens (tertiary/aromatic N) is 1. The van der Waals surface area contributed by atoms with E-state index in [0.717, 1.165) is 19.5 Å². The lowest BCUT2D eigenvalue weighted by molar-refractivity contribution is 0.210. The molecule has 0 spiro atoms. The number of rotatable bonds is 5. The van der Waals surface area contributed by atoms with Crippen LogP contribution in [0.1, 0.15) is 27.2 Å². The Morgan fingerprint density at radius 1 is 1.53 bits per heavy atom. The van der Waals surface area contributed by atoms with Gasteiger partial charge in [-0.25, -0.2) is 4.79 Å². The number of carbonyl (C=O) groups excluding carboxylic acids is 1. The lowest BCUT2D eigenvalue weighted by Gasteiger charge is -2.18. The van der Waals surface area contributed by atoms with Gasteiger partial charge in [0.25, 0.3) is 0 Å². The summed E-state index contributed by atoms with van der Waals surface area (Å²) in [4.78, 5) is 13.5. The summed E-state index contributed by atoms with van der Waals surface area (Å²) in [7, 11) is 0. The van der Waals surface area contributed by atoms with Crippen LogP contribution in [0.4, 0.5) is 4.79 Å². The van der Waals surface area contributed by atoms with Crippen molar-refractivity contribution in [1.82, 2.24) is 10.2 Å². The van der Waals surface area contributed by atoms with Gasteiger partial charge in [-0.15, -0.1) is 0 Å². The number of nitrogens with one attached hydrogen (secondary N) is 1. The van der Waals surface area contributed by atoms with E-state index in [9.17, 15) is 4.79 Å². The van der Waals surface area contributed by atoms with Gasteiger partial charge in [0.15, 0.2) is 0 Å². The standard InChI is InChI=1S/C11H23N3O/c1-8(2)4-10-7-14(11(15)13-10)6-9(3)5-12/h8-10H,4-7,12H2,1-3H3,(H,13,15). The molecule has 88 valence electrons. The molecule has 1 aliphatic rings. The van der Waals surface area contributed by atoms with E-state index < -0.39 is 0 Å². The molecule has 0 aliphatic carbocycles. The summed E-state index contributed by atoms with van der Waals surface area (Å²) in [5.74, 6) is 1.01. The van der Waals surface area contributed by atoms with Crippen molar-refractivity contribution in [3.05, 3.63) is 0 Å². The van der Waals surface area contributed by atoms with Crippen LogP contribution in [0.3, 0.4) is 0 Å². The Morgan fingerprint density at radius 3 is 2.73 bits per heavy atom. The fraction of sp³-hybridized carbons (Fsp3) is 0.909. The molecular weight excluding hydrogens is 190 g/mol. The first-order valence-electron chi connectivity index (χ1n) is 5.78. The molecule has 1 aliphatic heterocycles. The largest absolute Gasteiger partial charge is 0.333 e. The molecule has 0 radical (unpaired) electrons. The van der Waals surface area contributed by atoms with Crippen molar-refractivity contribution < 1.29 is 4.79 Å². The van der Waals surface area contributed by atoms with Gasteiger partial charge in [0.05, 0.1) is 0 Å². The highest BCUT2D eigenvalue weighted by Gasteiger charge is 2.29. The van der Waals surface area contributed by atoms with Crippen molar-refractivity contribution in [2.75, 3.05) is 19.6 Å². The highest BCUT2D eigenvalue weighted by molar-refractivity contribution is 5.76. The van der Waals surface area contributed by atoms with E-state index in [1.807, 2.05) is 4.90 Å². The van der Waals surface area contributed by atoms with Gasteiger partial charge in [0.2, 0.25) is 0 Å². The van der Waals surface area contributed by atoms with Crippen LogP contribution < -0.4 is 11.1 Å². The molecule has 2 amide bonds. The summed E-state index contributed by atoms with van der Waals surface area (Å²) in [6, 6.07) is 0.392. The molecule has 0 aromatic carbocycles. The van der Waals surface area contributed by atoms with Crippen LogP contribution in [-0.2, 0) is 0 Å². The minimum Gasteiger partial charge on any atom is -0.333 e. The minimum atomic E-state index is 0.0703. The number of nitrogens with two attached hydrogens (primary N) is 1. The predicted octanol–water partition coefficient (Wildman–Crippen LogP) is 1.02. The zero-order valence-corrected chi connectivity index (χ0v) is 9.99. The van der Waals surface area contributed by atoms with E-state index >= 15 is 0 Å². The molecule has 1 heterocycles. The SMILES string of the molecule is CC(C)CC1CN(CC(C)CN)C(=O)N1. The summed E-state index contributed by atoms with van der Waals surface area (Å²) >= 11 is 0. The molecule has 1 saturated heterocycles. The van der Waals surface area contributed by atoms with Crippen LogP contribution in [0.25, 0.3) is 0 Å². The summed E-state index contributed by atoms with van der Waals surface area (Å²) < 4.78 is 0. The molecule has 1 fully saturated rings. The molecule has 4 nitrogen and oxygen atoms in total. The molecule has 0 saturated carbocycles. The van der Waals surface area contributed by atoms with Crippen molar-refractivity contribution in [3.63, 3.8) is 0 Å². The lowest BCUT2D eigenvalue weighted by Crippen LogP contribution is -2.34. The van der Waals surface area contributed by atoms with Gasteiger partial charge in [-0.2, -0.15) is 0 Å². The number of urea groups is 1. The monoisotopic (exact) mass is 213 g/mol. The molecule has 4 heteroatoms. The summed E-state index contributed by atoms with van der Waals surface area (Å²) in [5, 5.41) is 3.01. The van der Waals surface area contributed by atoms with E-state index in [0.29, 0.717) is 24.4 Å². The predicted molar refractivity (Wildman–Crippen MR) is 61.6 cm³/mol. The fourth-order valence-corrected chi connectivity index (χ4v) is 1.97. The zero-order valence-electron chi connectivity index (χ0n) is 9.99. The molecule has 15 heavy (non-hydrogen) atoms. The van der Waals surface area contributed by atoms with E-state index in [4.69, 9.17) is 5.73 Å². The Labute approximate surface area is 92.2 Å². The van der Waals surface area contributed by atoms with Gasteiger partial charge in [0.1, 0.15) is 0 Å². The van der Waals surface area contributed by atoms with Crippen LogP contribution in [0.5, 0.6) is 0 Å². The van der Waals surface area contributed by atoms with Crippen LogP contribution in [0.2, 0.25) is 0 Å². The molecule has 2 atom stereocenters. The molecule has 2 unspecified atom stereocenters. The third kappa shape index (κ3) is 3.70. The summed E-state index contributed by atoms with van der Waals surface area (Å²) in [6.07, 6.45) is 1.05. The maximum Gasteiger partial charge on any atom is 0.317 e. The number of amides is 2. The number of hydrogen-bond donors (Lipinski definition) is 2. The third-order valence-corrected chi connectivity index (χ3v) is 2.75. The number of carbonyl (C=O) groups is 1. The van der Waals surface area contributed by atoms with Gasteiger partial charge < -0.3 is 16.0 Å². The molecule has 0 aromatic heterocycles. The highest BCUT2D eigenvalue weighted by Crippen LogP contribution is 2.13. The normalized spacial score (nSPS) is 23.4. The second-order valence-corrected chi connectivity index (χ2v) is 5.02. The Kier molecular flexibility index (Phi) is 4.39. The second-order valence-electron chi connectivity index (χ2n) is 5.02. The van der Waals surface area contributed by atoms with Crippen molar-refractivity contribution in [2.45, 2.75) is 33.2 Å². The van der Waals surface area contributed by atoms with Crippen molar-refractivity contribution in [2.24, 2.45) is 17.6 Å². The minimum absolute atomic E-state index is 0.0703. The summed E-state index contributed by atoms with van der Waals surface area (Å²) in [6.45, 7) is 8.68. The Morgan fingerprint density at radius 2 is 2.20 bits per heavy atom. The zero-order chi connectivity index (χ0) is 11.4. The van der Waals surface area contributed by atoms with Gasteiger partial charge >= 0.3 is 6.03 Å². The van der Waals surface area contributed by atoms with Gasteiger partial charge in [-0.1, -0.05) is 20.8 Å². The quantitative estimate of drug-likeness (QED) is 0.716. The van der Waals surface area contributed by atoms with Gasteiger partial charge in [-0.3, -0.25) is 0 Å². The van der Waals surface area contributed by atoms with Gasteiger partial charge in [0, 0.05) is 19.1 Å². The molecule has 3 N–H and O–H groups in total.